The summed E-state index contributed by atoms with van der Waals surface area (Å²) in [4.78, 5) is 29.5. The Morgan fingerprint density at radius 3 is 2.67 bits per heavy atom. The van der Waals surface area contributed by atoms with E-state index in [-0.39, 0.29) is 17.8 Å². The van der Waals surface area contributed by atoms with E-state index in [2.05, 4.69) is 25.2 Å². The van der Waals surface area contributed by atoms with Crippen LogP contribution in [0.3, 0.4) is 0 Å². The molecule has 0 bridgehead atoms. The summed E-state index contributed by atoms with van der Waals surface area (Å²) < 4.78 is 20.5. The number of carbonyl (C=O) groups is 1. The number of carbonyl (C=O) groups excluding carboxylic acids is 1. The van der Waals surface area contributed by atoms with Crippen molar-refractivity contribution in [2.75, 3.05) is 60.7 Å². The molecule has 2 aromatic heterocycles. The van der Waals surface area contributed by atoms with E-state index in [0.717, 1.165) is 5.82 Å². The lowest BCUT2D eigenvalue weighted by molar-refractivity contribution is -0.119. The van der Waals surface area contributed by atoms with Crippen LogP contribution in [0.15, 0.2) is 24.7 Å². The molecule has 1 atom stereocenters. The number of aromatic nitrogens is 3. The van der Waals surface area contributed by atoms with Crippen molar-refractivity contribution >= 4 is 34.8 Å². The van der Waals surface area contributed by atoms with Gasteiger partial charge in [0.2, 0.25) is 5.91 Å². The Hall–Kier alpha value is -2.72. The van der Waals surface area contributed by atoms with E-state index in [4.69, 9.17) is 16.3 Å². The van der Waals surface area contributed by atoms with Crippen LogP contribution in [0.4, 0.5) is 21.7 Å². The molecule has 1 amide bonds. The van der Waals surface area contributed by atoms with Crippen molar-refractivity contribution in [1.82, 2.24) is 20.3 Å². The highest BCUT2D eigenvalue weighted by Gasteiger charge is 2.26. The van der Waals surface area contributed by atoms with Crippen LogP contribution >= 0.6 is 11.6 Å². The third kappa shape index (κ3) is 4.71. The van der Waals surface area contributed by atoms with Crippen molar-refractivity contribution in [3.05, 3.63) is 35.6 Å². The Kier molecular flexibility index (Phi) is 6.14. The Labute approximate surface area is 178 Å². The normalized spacial score (nSPS) is 19.3. The van der Waals surface area contributed by atoms with E-state index in [1.165, 1.54) is 19.3 Å². The summed E-state index contributed by atoms with van der Waals surface area (Å²) in [5.74, 6) is 0.642. The largest absolute Gasteiger partial charge is 0.354 e. The molecule has 2 saturated heterocycles. The summed E-state index contributed by atoms with van der Waals surface area (Å²) >= 11 is 5.94. The number of anilines is 3. The van der Waals surface area contributed by atoms with Crippen molar-refractivity contribution in [1.29, 1.82) is 0 Å². The zero-order valence-corrected chi connectivity index (χ0v) is 17.3. The van der Waals surface area contributed by atoms with Crippen molar-refractivity contribution in [2.24, 2.45) is 0 Å². The fourth-order valence-electron chi connectivity index (χ4n) is 3.58. The van der Waals surface area contributed by atoms with Crippen LogP contribution in [0.25, 0.3) is 0 Å². The number of halogens is 2. The van der Waals surface area contributed by atoms with Gasteiger partial charge in [0, 0.05) is 58.3 Å². The van der Waals surface area contributed by atoms with Gasteiger partial charge >= 0.3 is 0 Å². The van der Waals surface area contributed by atoms with Crippen LogP contribution < -0.4 is 20.0 Å². The van der Waals surface area contributed by atoms with E-state index in [9.17, 15) is 9.18 Å². The second-order valence-corrected chi connectivity index (χ2v) is 7.64. The fraction of sp³-hybridized carbons (Fsp3) is 0.474. The first-order valence-electron chi connectivity index (χ1n) is 9.73. The maximum absolute atomic E-state index is 14.8. The van der Waals surface area contributed by atoms with Gasteiger partial charge in [-0.1, -0.05) is 11.6 Å². The first kappa shape index (κ1) is 20.5. The molecule has 2 aromatic rings. The van der Waals surface area contributed by atoms with E-state index >= 15 is 0 Å². The van der Waals surface area contributed by atoms with Crippen LogP contribution in [0.1, 0.15) is 6.92 Å². The van der Waals surface area contributed by atoms with Crippen LogP contribution in [0.5, 0.6) is 0 Å². The molecule has 2 aliphatic heterocycles. The number of nitrogens with zero attached hydrogens (tertiary/aromatic N) is 6. The maximum atomic E-state index is 14.8. The maximum Gasteiger partial charge on any atom is 0.216 e. The topological polar surface area (TPSA) is 86.7 Å². The molecule has 0 aromatic carbocycles. The highest BCUT2D eigenvalue weighted by molar-refractivity contribution is 6.29. The lowest BCUT2D eigenvalue weighted by Crippen LogP contribution is -2.47. The second-order valence-electron chi connectivity index (χ2n) is 7.25. The summed E-state index contributed by atoms with van der Waals surface area (Å²) in [5, 5.41) is 3.13. The zero-order valence-electron chi connectivity index (χ0n) is 16.6. The Balaban J connectivity index is 1.36. The highest BCUT2D eigenvalue weighted by atomic mass is 35.5. The summed E-state index contributed by atoms with van der Waals surface area (Å²) in [6.07, 6.45) is 2.98. The van der Waals surface area contributed by atoms with Crippen molar-refractivity contribution in [3.8, 4) is 0 Å². The van der Waals surface area contributed by atoms with Gasteiger partial charge in [0.25, 0.3) is 0 Å². The fourth-order valence-corrected chi connectivity index (χ4v) is 3.72. The van der Waals surface area contributed by atoms with Crippen molar-refractivity contribution in [2.45, 2.75) is 13.0 Å². The molecule has 0 spiro atoms. The number of ether oxygens (including phenoxy) is 1. The standard InChI is InChI=1S/C19H23ClFN7O2/c1-13(29)22-9-15-10-28(12-30-15)14-6-16(21)19(23-8-14)27-4-2-26(3-5-27)18-7-17(20)24-11-25-18/h6-8,11,15H,2-5,9-10,12H2,1H3,(H,22,29). The van der Waals surface area contributed by atoms with Gasteiger partial charge in [-0.05, 0) is 0 Å². The number of hydrogen-bond acceptors (Lipinski definition) is 8. The van der Waals surface area contributed by atoms with Gasteiger partial charge in [0.15, 0.2) is 11.6 Å². The van der Waals surface area contributed by atoms with Gasteiger partial charge in [0.05, 0.1) is 18.0 Å². The molecule has 11 heteroatoms. The molecule has 9 nitrogen and oxygen atoms in total. The number of rotatable bonds is 5. The molecule has 4 heterocycles. The number of piperazine rings is 1. The molecule has 4 rings (SSSR count). The minimum absolute atomic E-state index is 0.1000. The molecule has 0 aliphatic carbocycles. The average Bonchev–Trinajstić information content (AvgIpc) is 3.21. The van der Waals surface area contributed by atoms with Crippen LogP contribution in [-0.2, 0) is 9.53 Å². The molecular weight excluding hydrogens is 413 g/mol. The van der Waals surface area contributed by atoms with Crippen LogP contribution in [0.2, 0.25) is 5.15 Å². The molecular formula is C19H23ClFN7O2. The summed E-state index contributed by atoms with van der Waals surface area (Å²) in [5.41, 5.74) is 0.663. The molecule has 1 N–H and O–H groups in total. The molecule has 1 unspecified atom stereocenters. The quantitative estimate of drug-likeness (QED) is 0.703. The smallest absolute Gasteiger partial charge is 0.216 e. The molecule has 2 fully saturated rings. The average molecular weight is 436 g/mol. The third-order valence-electron chi connectivity index (χ3n) is 5.16. The van der Waals surface area contributed by atoms with Crippen molar-refractivity contribution in [3.63, 3.8) is 0 Å². The minimum Gasteiger partial charge on any atom is -0.354 e. The third-order valence-corrected chi connectivity index (χ3v) is 5.37. The van der Waals surface area contributed by atoms with E-state index in [1.807, 2.05) is 9.80 Å². The van der Waals surface area contributed by atoms with Gasteiger partial charge < -0.3 is 24.8 Å². The molecule has 160 valence electrons. The first-order chi connectivity index (χ1) is 14.5. The monoisotopic (exact) mass is 435 g/mol. The Morgan fingerprint density at radius 2 is 1.97 bits per heavy atom. The molecule has 0 saturated carbocycles. The van der Waals surface area contributed by atoms with Crippen molar-refractivity contribution < 1.29 is 13.9 Å². The van der Waals surface area contributed by atoms with Crippen LogP contribution in [0, 0.1) is 5.82 Å². The molecule has 0 radical (unpaired) electrons. The summed E-state index contributed by atoms with van der Waals surface area (Å²) in [7, 11) is 0. The zero-order chi connectivity index (χ0) is 21.1. The predicted molar refractivity (Wildman–Crippen MR) is 111 cm³/mol. The number of hydrogen-bond donors (Lipinski definition) is 1. The lowest BCUT2D eigenvalue weighted by atomic mass is 10.2. The SMILES string of the molecule is CC(=O)NCC1CN(c2cnc(N3CCN(c4cc(Cl)ncn4)CC3)c(F)c2)CO1. The van der Waals surface area contributed by atoms with E-state index < -0.39 is 0 Å². The van der Waals surface area contributed by atoms with E-state index in [0.29, 0.717) is 62.7 Å². The minimum atomic E-state index is -0.364. The van der Waals surface area contributed by atoms with Gasteiger partial charge in [-0.25, -0.2) is 19.3 Å². The summed E-state index contributed by atoms with van der Waals surface area (Å²) in [6.45, 7) is 5.41. The summed E-state index contributed by atoms with van der Waals surface area (Å²) in [6, 6.07) is 3.21. The second kappa shape index (κ2) is 8.97. The number of pyridine rings is 1. The van der Waals surface area contributed by atoms with E-state index in [1.54, 1.807) is 12.3 Å². The molecule has 30 heavy (non-hydrogen) atoms. The lowest BCUT2D eigenvalue weighted by Gasteiger charge is -2.36. The van der Waals surface area contributed by atoms with Gasteiger partial charge in [0.1, 0.15) is 24.0 Å². The Morgan fingerprint density at radius 1 is 1.20 bits per heavy atom. The van der Waals surface area contributed by atoms with Gasteiger partial charge in [-0.3, -0.25) is 4.79 Å². The molecule has 2 aliphatic rings. The number of amides is 1. The van der Waals surface area contributed by atoms with Crippen LogP contribution in [-0.4, -0.2) is 73.0 Å². The predicted octanol–water partition coefficient (Wildman–Crippen LogP) is 1.29. The highest BCUT2D eigenvalue weighted by Crippen LogP contribution is 2.26. The first-order valence-corrected chi connectivity index (χ1v) is 10.1. The van der Waals surface area contributed by atoms with Gasteiger partial charge in [-0.15, -0.1) is 0 Å². The van der Waals surface area contributed by atoms with Gasteiger partial charge in [-0.2, -0.15) is 0 Å². The number of nitrogens with one attached hydrogen (secondary N) is 1. The Bertz CT molecular complexity index is 910.